The highest BCUT2D eigenvalue weighted by Gasteiger charge is 2.51. The van der Waals surface area contributed by atoms with Crippen molar-refractivity contribution in [1.29, 1.82) is 0 Å². The molecule has 1 atom stereocenters. The Kier molecular flexibility index (Phi) is 3.66. The molecule has 0 radical (unpaired) electrons. The zero-order chi connectivity index (χ0) is 16.7. The van der Waals surface area contributed by atoms with Crippen molar-refractivity contribution in [3.05, 3.63) is 18.5 Å². The normalized spacial score (nSPS) is 25.9. The topological polar surface area (TPSA) is 86.6 Å². The van der Waals surface area contributed by atoms with Gasteiger partial charge in [0.25, 0.3) is 0 Å². The number of carboxylic acid groups (broad SMARTS) is 1. The Labute approximate surface area is 140 Å². The van der Waals surface area contributed by atoms with Crippen LogP contribution in [0.2, 0.25) is 0 Å². The Morgan fingerprint density at radius 2 is 1.83 bits per heavy atom. The van der Waals surface area contributed by atoms with Crippen molar-refractivity contribution in [2.24, 2.45) is 11.3 Å². The van der Waals surface area contributed by atoms with Gasteiger partial charge in [-0.15, -0.1) is 0 Å². The van der Waals surface area contributed by atoms with Gasteiger partial charge in [0.1, 0.15) is 6.04 Å². The van der Waals surface area contributed by atoms with E-state index in [4.69, 9.17) is 0 Å². The van der Waals surface area contributed by atoms with Crippen LogP contribution in [0.5, 0.6) is 0 Å². The largest absolute Gasteiger partial charge is 0.480 e. The van der Waals surface area contributed by atoms with Crippen LogP contribution >= 0.6 is 0 Å². The summed E-state index contributed by atoms with van der Waals surface area (Å²) in [4.78, 5) is 36.5. The van der Waals surface area contributed by atoms with Crippen LogP contribution in [0, 0.1) is 11.3 Å². The molecule has 3 aliphatic rings. The van der Waals surface area contributed by atoms with E-state index in [1.807, 2.05) is 0 Å². The maximum absolute atomic E-state index is 12.5. The van der Waals surface area contributed by atoms with Gasteiger partial charge in [-0.25, -0.2) is 14.8 Å². The molecular weight excluding hydrogens is 308 g/mol. The van der Waals surface area contributed by atoms with Crippen LogP contribution in [0.4, 0.5) is 5.95 Å². The van der Waals surface area contributed by atoms with E-state index >= 15 is 0 Å². The predicted molar refractivity (Wildman–Crippen MR) is 86.4 cm³/mol. The number of aliphatic carboxylic acids is 1. The fraction of sp³-hybridized carbons (Fsp3) is 0.647. The lowest BCUT2D eigenvalue weighted by Gasteiger charge is -2.39. The van der Waals surface area contributed by atoms with E-state index in [0.717, 1.165) is 44.7 Å². The fourth-order valence-corrected chi connectivity index (χ4v) is 4.07. The van der Waals surface area contributed by atoms with Crippen LogP contribution in [0.15, 0.2) is 18.5 Å². The van der Waals surface area contributed by atoms with Gasteiger partial charge in [0.05, 0.1) is 0 Å². The lowest BCUT2D eigenvalue weighted by Crippen LogP contribution is -2.43. The molecule has 1 amide bonds. The summed E-state index contributed by atoms with van der Waals surface area (Å²) in [6.45, 7) is 2.20. The molecule has 1 aromatic heterocycles. The Balaban J connectivity index is 1.46. The fourth-order valence-electron chi connectivity index (χ4n) is 4.07. The van der Waals surface area contributed by atoms with Gasteiger partial charge in [-0.2, -0.15) is 0 Å². The molecular formula is C17H22N4O3. The van der Waals surface area contributed by atoms with Crippen LogP contribution in [0.25, 0.3) is 0 Å². The van der Waals surface area contributed by atoms with Gasteiger partial charge < -0.3 is 14.9 Å². The van der Waals surface area contributed by atoms with Crippen LogP contribution < -0.4 is 4.90 Å². The van der Waals surface area contributed by atoms with E-state index in [2.05, 4.69) is 14.9 Å². The molecule has 1 spiro atoms. The van der Waals surface area contributed by atoms with Crippen molar-refractivity contribution in [2.75, 3.05) is 24.5 Å². The molecule has 24 heavy (non-hydrogen) atoms. The highest BCUT2D eigenvalue weighted by atomic mass is 16.4. The standard InChI is InChI=1S/C17H22N4O3/c22-14(12-2-3-12)21-11-17(10-13(21)15(23)24)4-8-20(9-5-17)16-18-6-1-7-19-16/h1,6-7,12-13H,2-5,8-11H2,(H,23,24)/t13-/m0/s1. The first-order valence-corrected chi connectivity index (χ1v) is 8.63. The smallest absolute Gasteiger partial charge is 0.326 e. The molecule has 1 saturated carbocycles. The van der Waals surface area contributed by atoms with Gasteiger partial charge in [0.2, 0.25) is 11.9 Å². The van der Waals surface area contributed by atoms with Crippen molar-refractivity contribution in [2.45, 2.75) is 38.1 Å². The first-order chi connectivity index (χ1) is 11.6. The molecule has 3 fully saturated rings. The number of hydrogen-bond acceptors (Lipinski definition) is 5. The second-order valence-corrected chi connectivity index (χ2v) is 7.33. The van der Waals surface area contributed by atoms with Crippen LogP contribution in [-0.2, 0) is 9.59 Å². The van der Waals surface area contributed by atoms with Crippen molar-refractivity contribution in [3.8, 4) is 0 Å². The number of carbonyl (C=O) groups is 2. The summed E-state index contributed by atoms with van der Waals surface area (Å²) in [5, 5.41) is 9.55. The van der Waals surface area contributed by atoms with Crippen molar-refractivity contribution >= 4 is 17.8 Å². The summed E-state index contributed by atoms with van der Waals surface area (Å²) >= 11 is 0. The molecule has 0 aromatic carbocycles. The lowest BCUT2D eigenvalue weighted by atomic mass is 9.76. The summed E-state index contributed by atoms with van der Waals surface area (Å²) in [5.74, 6) is -0.0198. The quantitative estimate of drug-likeness (QED) is 0.895. The van der Waals surface area contributed by atoms with E-state index in [1.54, 1.807) is 23.4 Å². The second-order valence-electron chi connectivity index (χ2n) is 7.33. The summed E-state index contributed by atoms with van der Waals surface area (Å²) in [7, 11) is 0. The summed E-state index contributed by atoms with van der Waals surface area (Å²) in [5.41, 5.74) is -0.0705. The highest BCUT2D eigenvalue weighted by Crippen LogP contribution is 2.45. The number of anilines is 1. The third-order valence-electron chi connectivity index (χ3n) is 5.66. The number of carbonyl (C=O) groups excluding carboxylic acids is 1. The van der Waals surface area contributed by atoms with E-state index in [9.17, 15) is 14.7 Å². The number of rotatable bonds is 3. The monoisotopic (exact) mass is 330 g/mol. The Morgan fingerprint density at radius 1 is 1.17 bits per heavy atom. The maximum Gasteiger partial charge on any atom is 0.326 e. The van der Waals surface area contributed by atoms with Gasteiger partial charge in [-0.1, -0.05) is 0 Å². The zero-order valence-corrected chi connectivity index (χ0v) is 13.6. The third kappa shape index (κ3) is 2.72. The molecule has 7 heteroatoms. The average Bonchev–Trinajstić information content (AvgIpc) is 3.38. The van der Waals surface area contributed by atoms with Gasteiger partial charge in [-0.05, 0) is 43.6 Å². The van der Waals surface area contributed by atoms with Crippen LogP contribution in [-0.4, -0.2) is 57.5 Å². The Hall–Kier alpha value is -2.18. The number of aromatic nitrogens is 2. The third-order valence-corrected chi connectivity index (χ3v) is 5.66. The first kappa shape index (κ1) is 15.4. The van der Waals surface area contributed by atoms with Crippen molar-refractivity contribution < 1.29 is 14.7 Å². The van der Waals surface area contributed by atoms with E-state index in [1.165, 1.54) is 0 Å². The molecule has 1 N–H and O–H groups in total. The van der Waals surface area contributed by atoms with E-state index in [0.29, 0.717) is 13.0 Å². The average molecular weight is 330 g/mol. The van der Waals surface area contributed by atoms with Crippen LogP contribution in [0.1, 0.15) is 32.1 Å². The van der Waals surface area contributed by atoms with Gasteiger partial charge in [-0.3, -0.25) is 4.79 Å². The number of carboxylic acids is 1. The van der Waals surface area contributed by atoms with Crippen molar-refractivity contribution in [1.82, 2.24) is 14.9 Å². The molecule has 4 rings (SSSR count). The zero-order valence-electron chi connectivity index (χ0n) is 13.6. The Bertz CT molecular complexity index is 638. The first-order valence-electron chi connectivity index (χ1n) is 8.63. The molecule has 3 heterocycles. The summed E-state index contributed by atoms with van der Waals surface area (Å²) in [6.07, 6.45) is 7.62. The molecule has 7 nitrogen and oxygen atoms in total. The number of likely N-dealkylation sites (tertiary alicyclic amines) is 1. The van der Waals surface area contributed by atoms with Gasteiger partial charge in [0.15, 0.2) is 0 Å². The molecule has 0 unspecified atom stereocenters. The molecule has 2 aliphatic heterocycles. The molecule has 128 valence electrons. The number of piperidine rings is 1. The van der Waals surface area contributed by atoms with Gasteiger partial charge in [0, 0.05) is 37.9 Å². The SMILES string of the molecule is O=C(O)[C@@H]1CC2(CCN(c3ncccn3)CC2)CN1C(=O)C1CC1. The molecule has 2 saturated heterocycles. The summed E-state index contributed by atoms with van der Waals surface area (Å²) in [6, 6.07) is 1.14. The Morgan fingerprint density at radius 3 is 2.42 bits per heavy atom. The van der Waals surface area contributed by atoms with Crippen LogP contribution in [0.3, 0.4) is 0 Å². The molecule has 1 aliphatic carbocycles. The highest BCUT2D eigenvalue weighted by molar-refractivity contribution is 5.87. The summed E-state index contributed by atoms with van der Waals surface area (Å²) < 4.78 is 0. The lowest BCUT2D eigenvalue weighted by molar-refractivity contribution is -0.148. The second kappa shape index (κ2) is 5.72. The number of hydrogen-bond donors (Lipinski definition) is 1. The van der Waals surface area contributed by atoms with E-state index < -0.39 is 12.0 Å². The van der Waals surface area contributed by atoms with E-state index in [-0.39, 0.29) is 17.2 Å². The minimum atomic E-state index is -0.866. The number of nitrogens with zero attached hydrogens (tertiary/aromatic N) is 4. The number of amides is 1. The maximum atomic E-state index is 12.5. The van der Waals surface area contributed by atoms with Crippen molar-refractivity contribution in [3.63, 3.8) is 0 Å². The predicted octanol–water partition coefficient (Wildman–Crippen LogP) is 1.16. The molecule has 1 aromatic rings. The minimum Gasteiger partial charge on any atom is -0.480 e. The molecule has 0 bridgehead atoms. The minimum absolute atomic E-state index is 0.0492. The van der Waals surface area contributed by atoms with Gasteiger partial charge >= 0.3 is 5.97 Å².